The van der Waals surface area contributed by atoms with Crippen molar-refractivity contribution in [2.45, 2.75) is 57.2 Å². The Morgan fingerprint density at radius 2 is 1.61 bits per heavy atom. The molecular weight excluding hydrogens is 406 g/mol. The van der Waals surface area contributed by atoms with E-state index in [1.807, 2.05) is 12.1 Å². The van der Waals surface area contributed by atoms with Gasteiger partial charge < -0.3 is 19.2 Å². The molecule has 5 nitrogen and oxygen atoms in total. The smallest absolute Gasteiger partial charge is 0.261 e. The second-order valence-corrected chi connectivity index (χ2v) is 13.7. The van der Waals surface area contributed by atoms with E-state index in [9.17, 15) is 4.79 Å². The standard InChI is InChI=1S/C25H35NO4Si/c1-20(27)26-25(17-16-23(25)29-19-28-5)18-30-31(24(2,3)4,21-12-8-6-9-13-21)22-14-10-7-11-15-22/h6-15,23H,16-19H2,1-5H3,(H,26,27)/t23-,25+/m1/s1. The topological polar surface area (TPSA) is 56.8 Å². The molecule has 1 N–H and O–H groups in total. The molecule has 0 spiro atoms. The fourth-order valence-corrected chi connectivity index (χ4v) is 9.33. The van der Waals surface area contributed by atoms with Crippen molar-refractivity contribution < 1.29 is 18.7 Å². The molecule has 0 aliphatic heterocycles. The van der Waals surface area contributed by atoms with Crippen molar-refractivity contribution in [3.05, 3.63) is 60.7 Å². The van der Waals surface area contributed by atoms with E-state index in [0.29, 0.717) is 6.61 Å². The summed E-state index contributed by atoms with van der Waals surface area (Å²) in [5.74, 6) is -0.0724. The molecule has 2 aromatic carbocycles. The first-order chi connectivity index (χ1) is 14.7. The van der Waals surface area contributed by atoms with Gasteiger partial charge in [0.25, 0.3) is 8.32 Å². The third kappa shape index (κ3) is 4.77. The van der Waals surface area contributed by atoms with E-state index in [4.69, 9.17) is 13.9 Å². The second kappa shape index (κ2) is 9.65. The van der Waals surface area contributed by atoms with Crippen LogP contribution in [0.5, 0.6) is 0 Å². The molecule has 0 heterocycles. The number of nitrogens with one attached hydrogen (secondary N) is 1. The Morgan fingerprint density at radius 1 is 1.06 bits per heavy atom. The van der Waals surface area contributed by atoms with E-state index in [1.165, 1.54) is 10.4 Å². The first-order valence-corrected chi connectivity index (χ1v) is 12.8. The molecule has 0 unspecified atom stereocenters. The summed E-state index contributed by atoms with van der Waals surface area (Å²) < 4.78 is 18.1. The molecule has 6 heteroatoms. The molecular formula is C25H35NO4Si. The molecule has 1 fully saturated rings. The van der Waals surface area contributed by atoms with Gasteiger partial charge in [0.15, 0.2) is 0 Å². The number of amides is 1. The number of carbonyl (C=O) groups is 1. The van der Waals surface area contributed by atoms with Crippen LogP contribution in [0.2, 0.25) is 5.04 Å². The van der Waals surface area contributed by atoms with Gasteiger partial charge >= 0.3 is 0 Å². The minimum atomic E-state index is -2.69. The lowest BCUT2D eigenvalue weighted by Crippen LogP contribution is -2.72. The van der Waals surface area contributed by atoms with Crippen molar-refractivity contribution >= 4 is 24.6 Å². The van der Waals surface area contributed by atoms with Gasteiger partial charge in [-0.25, -0.2) is 0 Å². The van der Waals surface area contributed by atoms with E-state index in [0.717, 1.165) is 12.8 Å². The number of hydrogen-bond acceptors (Lipinski definition) is 4. The summed E-state index contributed by atoms with van der Waals surface area (Å²) in [6, 6.07) is 21.1. The summed E-state index contributed by atoms with van der Waals surface area (Å²) in [7, 11) is -1.08. The highest BCUT2D eigenvalue weighted by Crippen LogP contribution is 2.40. The van der Waals surface area contributed by atoms with E-state index >= 15 is 0 Å². The first kappa shape index (κ1) is 23.7. The Bertz CT molecular complexity index is 813. The van der Waals surface area contributed by atoms with Gasteiger partial charge in [0.2, 0.25) is 5.91 Å². The number of hydrogen-bond donors (Lipinski definition) is 1. The van der Waals surface area contributed by atoms with Gasteiger partial charge in [0, 0.05) is 14.0 Å². The highest BCUT2D eigenvalue weighted by molar-refractivity contribution is 6.99. The number of benzene rings is 2. The Balaban J connectivity index is 2.03. The fraction of sp³-hybridized carbons (Fsp3) is 0.480. The molecule has 0 saturated heterocycles. The van der Waals surface area contributed by atoms with Crippen LogP contribution in [0.25, 0.3) is 0 Å². The zero-order valence-corrected chi connectivity index (χ0v) is 20.3. The van der Waals surface area contributed by atoms with Crippen LogP contribution in [0, 0.1) is 0 Å². The quantitative estimate of drug-likeness (QED) is 0.480. The second-order valence-electron chi connectivity index (χ2n) is 9.39. The number of methoxy groups -OCH3 is 1. The van der Waals surface area contributed by atoms with Gasteiger partial charge in [-0.1, -0.05) is 81.4 Å². The van der Waals surface area contributed by atoms with Crippen LogP contribution in [0.4, 0.5) is 0 Å². The van der Waals surface area contributed by atoms with Gasteiger partial charge in [-0.3, -0.25) is 4.79 Å². The Labute approximate surface area is 187 Å². The lowest BCUT2D eigenvalue weighted by Gasteiger charge is -2.52. The molecule has 31 heavy (non-hydrogen) atoms. The van der Waals surface area contributed by atoms with Crippen LogP contribution in [0.15, 0.2) is 60.7 Å². The van der Waals surface area contributed by atoms with Crippen LogP contribution in [-0.2, 0) is 18.7 Å². The minimum absolute atomic E-state index is 0.0724. The molecule has 1 amide bonds. The average Bonchev–Trinajstić information content (AvgIpc) is 2.73. The van der Waals surface area contributed by atoms with Crippen molar-refractivity contribution in [2.75, 3.05) is 20.5 Å². The predicted octanol–water partition coefficient (Wildman–Crippen LogP) is 3.22. The van der Waals surface area contributed by atoms with E-state index in [2.05, 4.69) is 74.6 Å². The Hall–Kier alpha value is -1.99. The molecule has 168 valence electrons. The summed E-state index contributed by atoms with van der Waals surface area (Å²) in [4.78, 5) is 12.1. The summed E-state index contributed by atoms with van der Waals surface area (Å²) in [6.07, 6.45) is 1.56. The van der Waals surface area contributed by atoms with E-state index in [-0.39, 0.29) is 23.8 Å². The molecule has 0 aromatic heterocycles. The van der Waals surface area contributed by atoms with E-state index < -0.39 is 13.9 Å². The van der Waals surface area contributed by atoms with Crippen molar-refractivity contribution in [3.8, 4) is 0 Å². The summed E-state index contributed by atoms with van der Waals surface area (Å²) in [6.45, 7) is 8.91. The van der Waals surface area contributed by atoms with Crippen molar-refractivity contribution in [1.29, 1.82) is 0 Å². The third-order valence-electron chi connectivity index (χ3n) is 6.24. The zero-order valence-electron chi connectivity index (χ0n) is 19.3. The zero-order chi connectivity index (χ0) is 22.5. The Kier molecular flexibility index (Phi) is 7.37. The maximum atomic E-state index is 12.1. The van der Waals surface area contributed by atoms with Crippen LogP contribution in [-0.4, -0.2) is 46.4 Å². The van der Waals surface area contributed by atoms with Crippen LogP contribution in [0.3, 0.4) is 0 Å². The third-order valence-corrected chi connectivity index (χ3v) is 11.2. The van der Waals surface area contributed by atoms with E-state index in [1.54, 1.807) is 14.0 Å². The molecule has 3 rings (SSSR count). The number of ether oxygens (including phenoxy) is 2. The average molecular weight is 442 g/mol. The molecule has 1 saturated carbocycles. The monoisotopic (exact) mass is 441 g/mol. The predicted molar refractivity (Wildman–Crippen MR) is 126 cm³/mol. The first-order valence-electron chi connectivity index (χ1n) is 10.9. The molecule has 0 radical (unpaired) electrons. The molecule has 1 aliphatic carbocycles. The van der Waals surface area contributed by atoms with Gasteiger partial charge in [0.05, 0.1) is 18.2 Å². The van der Waals surface area contributed by atoms with Crippen molar-refractivity contribution in [2.24, 2.45) is 0 Å². The van der Waals surface area contributed by atoms with Gasteiger partial charge in [0.1, 0.15) is 6.79 Å². The maximum absolute atomic E-state index is 12.1. The maximum Gasteiger partial charge on any atom is 0.261 e. The number of rotatable bonds is 9. The van der Waals surface area contributed by atoms with Gasteiger partial charge in [-0.05, 0) is 28.3 Å². The van der Waals surface area contributed by atoms with Gasteiger partial charge in [-0.2, -0.15) is 0 Å². The summed E-state index contributed by atoms with van der Waals surface area (Å²) in [5, 5.41) is 5.48. The molecule has 2 atom stereocenters. The van der Waals surface area contributed by atoms with Gasteiger partial charge in [-0.15, -0.1) is 0 Å². The van der Waals surface area contributed by atoms with Crippen LogP contribution >= 0.6 is 0 Å². The fourth-order valence-electron chi connectivity index (χ4n) is 4.70. The summed E-state index contributed by atoms with van der Waals surface area (Å²) >= 11 is 0. The largest absolute Gasteiger partial charge is 0.405 e. The lowest BCUT2D eigenvalue weighted by molar-refractivity contribution is -0.158. The van der Waals surface area contributed by atoms with Crippen molar-refractivity contribution in [3.63, 3.8) is 0 Å². The molecule has 1 aliphatic rings. The highest BCUT2D eigenvalue weighted by Gasteiger charge is 2.55. The summed E-state index contributed by atoms with van der Waals surface area (Å²) in [5.41, 5.74) is -0.544. The lowest BCUT2D eigenvalue weighted by atomic mass is 9.74. The highest BCUT2D eigenvalue weighted by atomic mass is 28.4. The minimum Gasteiger partial charge on any atom is -0.405 e. The Morgan fingerprint density at radius 3 is 2.00 bits per heavy atom. The van der Waals surface area contributed by atoms with Crippen LogP contribution in [0.1, 0.15) is 40.5 Å². The van der Waals surface area contributed by atoms with Crippen LogP contribution < -0.4 is 15.7 Å². The number of carbonyl (C=O) groups excluding carboxylic acids is 1. The SMILES string of the molecule is COCO[C@@H]1CC[C@@]1(CO[Si](c1ccccc1)(c1ccccc1)C(C)(C)C)NC(C)=O. The molecule has 0 bridgehead atoms. The normalized spacial score (nSPS) is 21.4. The molecule has 2 aromatic rings. The van der Waals surface area contributed by atoms with Crippen molar-refractivity contribution in [1.82, 2.24) is 5.32 Å².